The highest BCUT2D eigenvalue weighted by Gasteiger charge is 2.41. The van der Waals surface area contributed by atoms with Crippen LogP contribution >= 0.6 is 0 Å². The predicted molar refractivity (Wildman–Crippen MR) is 67.2 cm³/mol. The lowest BCUT2D eigenvalue weighted by Crippen LogP contribution is -2.36. The van der Waals surface area contributed by atoms with Gasteiger partial charge < -0.3 is 5.11 Å². The van der Waals surface area contributed by atoms with Crippen molar-refractivity contribution in [3.63, 3.8) is 0 Å². The maximum atomic E-state index is 14.1. The summed E-state index contributed by atoms with van der Waals surface area (Å²) in [5.41, 5.74) is -0.971. The molecule has 1 aliphatic rings. The fraction of sp³-hybridized carbons (Fsp3) is 0.600. The van der Waals surface area contributed by atoms with Gasteiger partial charge in [-0.3, -0.25) is 0 Å². The van der Waals surface area contributed by atoms with Crippen LogP contribution in [0.5, 0.6) is 0 Å². The zero-order chi connectivity index (χ0) is 13.6. The second kappa shape index (κ2) is 4.30. The van der Waals surface area contributed by atoms with E-state index in [9.17, 15) is 13.9 Å². The maximum Gasteiger partial charge on any atom is 0.135 e. The molecule has 1 saturated carbocycles. The summed E-state index contributed by atoms with van der Waals surface area (Å²) in [6.07, 6.45) is 2.38. The van der Waals surface area contributed by atoms with Crippen LogP contribution in [0, 0.1) is 24.0 Å². The maximum absolute atomic E-state index is 14.1. The molecule has 0 saturated heterocycles. The molecule has 18 heavy (non-hydrogen) atoms. The number of rotatable bonds is 1. The molecule has 1 nitrogen and oxygen atoms in total. The summed E-state index contributed by atoms with van der Waals surface area (Å²) in [6, 6.07) is 2.65. The molecule has 0 atom stereocenters. The quantitative estimate of drug-likeness (QED) is 0.801. The SMILES string of the molecule is Cc1ccc(F)c(C2(O)CCC(C)(C)CC2)c1F. The number of aryl methyl sites for hydroxylation is 1. The Bertz CT molecular complexity index is 456. The number of hydrogen-bond donors (Lipinski definition) is 1. The Morgan fingerprint density at radius 1 is 1.06 bits per heavy atom. The minimum absolute atomic E-state index is 0.141. The van der Waals surface area contributed by atoms with Crippen molar-refractivity contribution < 1.29 is 13.9 Å². The molecule has 0 radical (unpaired) electrons. The van der Waals surface area contributed by atoms with Gasteiger partial charge in [-0.1, -0.05) is 19.9 Å². The summed E-state index contributed by atoms with van der Waals surface area (Å²) in [7, 11) is 0. The number of halogens is 2. The van der Waals surface area contributed by atoms with Gasteiger partial charge in [0.2, 0.25) is 0 Å². The Labute approximate surface area is 107 Å². The highest BCUT2D eigenvalue weighted by atomic mass is 19.1. The van der Waals surface area contributed by atoms with E-state index in [0.29, 0.717) is 18.4 Å². The number of hydrogen-bond acceptors (Lipinski definition) is 1. The predicted octanol–water partition coefficient (Wildman–Crippen LogP) is 4.06. The van der Waals surface area contributed by atoms with E-state index in [4.69, 9.17) is 0 Å². The van der Waals surface area contributed by atoms with Crippen LogP contribution in [0.1, 0.15) is 50.7 Å². The monoisotopic (exact) mass is 254 g/mol. The summed E-state index contributed by atoms with van der Waals surface area (Å²) in [6.45, 7) is 5.83. The Morgan fingerprint density at radius 2 is 1.61 bits per heavy atom. The van der Waals surface area contributed by atoms with Crippen LogP contribution in [0.4, 0.5) is 8.78 Å². The molecule has 3 heteroatoms. The third kappa shape index (κ3) is 2.28. The molecule has 1 aliphatic carbocycles. The molecule has 0 heterocycles. The van der Waals surface area contributed by atoms with E-state index in [1.54, 1.807) is 6.92 Å². The van der Waals surface area contributed by atoms with Crippen LogP contribution < -0.4 is 0 Å². The van der Waals surface area contributed by atoms with Gasteiger partial charge in [0.05, 0.1) is 11.2 Å². The standard InChI is InChI=1S/C15H20F2O/c1-10-4-5-11(16)12(13(10)17)15(18)8-6-14(2,3)7-9-15/h4-5,18H,6-9H2,1-3H3. The third-order valence-corrected chi connectivity index (χ3v) is 4.18. The van der Waals surface area contributed by atoms with Gasteiger partial charge in [0.1, 0.15) is 11.6 Å². The minimum atomic E-state index is -1.35. The molecule has 0 amide bonds. The molecule has 0 aromatic heterocycles. The normalized spacial score (nSPS) is 21.9. The molecular formula is C15H20F2O. The van der Waals surface area contributed by atoms with Crippen molar-refractivity contribution in [1.82, 2.24) is 0 Å². The van der Waals surface area contributed by atoms with Crippen LogP contribution in [-0.2, 0) is 5.60 Å². The van der Waals surface area contributed by atoms with Gasteiger partial charge in [-0.15, -0.1) is 0 Å². The van der Waals surface area contributed by atoms with E-state index in [-0.39, 0.29) is 11.0 Å². The molecule has 1 N–H and O–H groups in total. The highest BCUT2D eigenvalue weighted by Crippen LogP contribution is 2.46. The van der Waals surface area contributed by atoms with Crippen LogP contribution in [0.3, 0.4) is 0 Å². The van der Waals surface area contributed by atoms with Crippen molar-refractivity contribution in [2.75, 3.05) is 0 Å². The summed E-state index contributed by atoms with van der Waals surface area (Å²) in [5.74, 6) is -1.24. The van der Waals surface area contributed by atoms with Crippen molar-refractivity contribution >= 4 is 0 Å². The van der Waals surface area contributed by atoms with Crippen LogP contribution in [0.15, 0.2) is 12.1 Å². The van der Waals surface area contributed by atoms with Gasteiger partial charge in [0.25, 0.3) is 0 Å². The van der Waals surface area contributed by atoms with Gasteiger partial charge in [0.15, 0.2) is 0 Å². The molecule has 0 bridgehead atoms. The van der Waals surface area contributed by atoms with E-state index >= 15 is 0 Å². The van der Waals surface area contributed by atoms with E-state index in [1.165, 1.54) is 12.1 Å². The Balaban J connectivity index is 2.40. The van der Waals surface area contributed by atoms with E-state index < -0.39 is 17.2 Å². The first-order chi connectivity index (χ1) is 8.25. The second-order valence-corrected chi connectivity index (χ2v) is 6.25. The molecule has 0 unspecified atom stereocenters. The van der Waals surface area contributed by atoms with Crippen LogP contribution in [0.2, 0.25) is 0 Å². The first-order valence-electron chi connectivity index (χ1n) is 6.43. The molecule has 2 rings (SSSR count). The fourth-order valence-corrected chi connectivity index (χ4v) is 2.67. The van der Waals surface area contributed by atoms with Gasteiger partial charge in [-0.05, 0) is 49.7 Å². The van der Waals surface area contributed by atoms with E-state index in [1.807, 2.05) is 0 Å². The van der Waals surface area contributed by atoms with E-state index in [0.717, 1.165) is 12.8 Å². The average molecular weight is 254 g/mol. The lowest BCUT2D eigenvalue weighted by atomic mass is 9.68. The fourth-order valence-electron chi connectivity index (χ4n) is 2.67. The Hall–Kier alpha value is -0.960. The zero-order valence-corrected chi connectivity index (χ0v) is 11.2. The molecular weight excluding hydrogens is 234 g/mol. The van der Waals surface area contributed by atoms with Gasteiger partial charge in [0, 0.05) is 0 Å². The third-order valence-electron chi connectivity index (χ3n) is 4.18. The van der Waals surface area contributed by atoms with Gasteiger partial charge >= 0.3 is 0 Å². The van der Waals surface area contributed by atoms with Crippen molar-refractivity contribution in [1.29, 1.82) is 0 Å². The lowest BCUT2D eigenvalue weighted by molar-refractivity contribution is -0.0359. The molecule has 0 aliphatic heterocycles. The molecule has 100 valence electrons. The first-order valence-corrected chi connectivity index (χ1v) is 6.43. The molecule has 1 aromatic carbocycles. The molecule has 1 aromatic rings. The summed E-state index contributed by atoms with van der Waals surface area (Å²) < 4.78 is 27.9. The van der Waals surface area contributed by atoms with Crippen molar-refractivity contribution in [2.24, 2.45) is 5.41 Å². The van der Waals surface area contributed by atoms with Crippen LogP contribution in [0.25, 0.3) is 0 Å². The first kappa shape index (κ1) is 13.5. The van der Waals surface area contributed by atoms with Crippen molar-refractivity contribution in [3.05, 3.63) is 34.9 Å². The Kier molecular flexibility index (Phi) is 3.22. The summed E-state index contributed by atoms with van der Waals surface area (Å²) >= 11 is 0. The zero-order valence-electron chi connectivity index (χ0n) is 11.2. The van der Waals surface area contributed by atoms with Crippen molar-refractivity contribution in [2.45, 2.75) is 52.1 Å². The van der Waals surface area contributed by atoms with Crippen LogP contribution in [-0.4, -0.2) is 5.11 Å². The van der Waals surface area contributed by atoms with Crippen molar-refractivity contribution in [3.8, 4) is 0 Å². The average Bonchev–Trinajstić information content (AvgIpc) is 2.29. The van der Waals surface area contributed by atoms with E-state index in [2.05, 4.69) is 13.8 Å². The number of aliphatic hydroxyl groups is 1. The summed E-state index contributed by atoms with van der Waals surface area (Å²) in [4.78, 5) is 0. The molecule has 1 fully saturated rings. The van der Waals surface area contributed by atoms with Gasteiger partial charge in [-0.2, -0.15) is 0 Å². The Morgan fingerprint density at radius 3 is 2.17 bits per heavy atom. The smallest absolute Gasteiger partial charge is 0.135 e. The number of benzene rings is 1. The topological polar surface area (TPSA) is 20.2 Å². The lowest BCUT2D eigenvalue weighted by Gasteiger charge is -2.40. The second-order valence-electron chi connectivity index (χ2n) is 6.25. The minimum Gasteiger partial charge on any atom is -0.385 e. The summed E-state index contributed by atoms with van der Waals surface area (Å²) in [5, 5.41) is 10.6. The molecule has 0 spiro atoms. The highest BCUT2D eigenvalue weighted by molar-refractivity contribution is 5.32. The van der Waals surface area contributed by atoms with Gasteiger partial charge in [-0.25, -0.2) is 8.78 Å². The largest absolute Gasteiger partial charge is 0.385 e.